The van der Waals surface area contributed by atoms with Crippen molar-refractivity contribution in [3.8, 4) is 11.5 Å². The first kappa shape index (κ1) is 24.9. The van der Waals surface area contributed by atoms with E-state index in [2.05, 4.69) is 30.4 Å². The Kier molecular flexibility index (Phi) is 6.57. The number of alkyl halides is 3. The van der Waals surface area contributed by atoms with Crippen LogP contribution < -0.4 is 11.1 Å². The zero-order valence-corrected chi connectivity index (χ0v) is 19.3. The number of amides is 1. The Morgan fingerprint density at radius 3 is 2.50 bits per heavy atom. The molecule has 0 aliphatic carbocycles. The van der Waals surface area contributed by atoms with Gasteiger partial charge in [-0.15, -0.1) is 0 Å². The molecule has 3 aromatic heterocycles. The fourth-order valence-corrected chi connectivity index (χ4v) is 4.00. The number of nitrogen functional groups attached to an aromatic ring is 1. The second-order valence-electron chi connectivity index (χ2n) is 8.62. The van der Waals surface area contributed by atoms with Gasteiger partial charge in [-0.3, -0.25) is 4.79 Å². The first-order chi connectivity index (χ1) is 17.0. The van der Waals surface area contributed by atoms with Gasteiger partial charge in [-0.2, -0.15) is 18.3 Å². The molecule has 0 atom stereocenters. The molecule has 3 heterocycles. The van der Waals surface area contributed by atoms with E-state index in [4.69, 9.17) is 5.73 Å². The molecule has 36 heavy (non-hydrogen) atoms. The molecule has 0 fully saturated rings. The number of anilines is 2. The molecule has 0 unspecified atom stereocenters. The van der Waals surface area contributed by atoms with Crippen LogP contribution in [0.1, 0.15) is 43.5 Å². The van der Waals surface area contributed by atoms with Crippen LogP contribution in [0.4, 0.5) is 29.2 Å². The maximum Gasteiger partial charge on any atom is 0.389 e. The van der Waals surface area contributed by atoms with Gasteiger partial charge in [0.05, 0.1) is 11.9 Å². The van der Waals surface area contributed by atoms with Crippen molar-refractivity contribution < 1.29 is 22.4 Å². The molecule has 4 aromatic rings. The number of benzene rings is 1. The minimum absolute atomic E-state index is 0.000151. The number of hydrogen-bond acceptors (Lipinski definition) is 7. The van der Waals surface area contributed by atoms with Gasteiger partial charge in [0.15, 0.2) is 11.5 Å². The minimum atomic E-state index is -4.29. The Morgan fingerprint density at radius 2 is 1.83 bits per heavy atom. The molecular formula is C23H22F4N8O. The van der Waals surface area contributed by atoms with E-state index in [0.29, 0.717) is 23.2 Å². The van der Waals surface area contributed by atoms with E-state index in [9.17, 15) is 22.4 Å². The molecule has 188 valence electrons. The van der Waals surface area contributed by atoms with E-state index in [1.165, 1.54) is 29.2 Å². The van der Waals surface area contributed by atoms with Gasteiger partial charge in [0.2, 0.25) is 6.41 Å². The molecule has 1 amide bonds. The number of fused-ring (bicyclic) bond motifs is 1. The van der Waals surface area contributed by atoms with Crippen molar-refractivity contribution in [1.82, 2.24) is 29.5 Å². The Morgan fingerprint density at radius 1 is 1.11 bits per heavy atom. The van der Waals surface area contributed by atoms with E-state index < -0.39 is 23.8 Å². The number of aromatic nitrogens is 6. The van der Waals surface area contributed by atoms with Crippen LogP contribution in [0.2, 0.25) is 0 Å². The SMILES string of the molecule is CC(C)(c1ccc(F)cc1)c1c(N)nc(-c2cn3ncnc3c(CCCC(F)(F)F)n2)nc1NC=O. The number of nitrogens with two attached hydrogens (primary N) is 1. The first-order valence-electron chi connectivity index (χ1n) is 10.9. The third-order valence-corrected chi connectivity index (χ3v) is 5.76. The van der Waals surface area contributed by atoms with Gasteiger partial charge >= 0.3 is 6.18 Å². The number of halogens is 4. The zero-order chi connectivity index (χ0) is 26.1. The highest BCUT2D eigenvalue weighted by atomic mass is 19.4. The molecule has 0 saturated heterocycles. The average Bonchev–Trinajstić information content (AvgIpc) is 3.27. The summed E-state index contributed by atoms with van der Waals surface area (Å²) >= 11 is 0. The lowest BCUT2D eigenvalue weighted by atomic mass is 9.78. The number of carbonyl (C=O) groups excluding carboxylic acids is 1. The van der Waals surface area contributed by atoms with Gasteiger partial charge in [-0.25, -0.2) is 28.8 Å². The van der Waals surface area contributed by atoms with Crippen LogP contribution in [0.3, 0.4) is 0 Å². The van der Waals surface area contributed by atoms with Crippen LogP contribution in [0.25, 0.3) is 17.2 Å². The van der Waals surface area contributed by atoms with Crippen LogP contribution in [0, 0.1) is 5.82 Å². The van der Waals surface area contributed by atoms with Crippen molar-refractivity contribution in [1.29, 1.82) is 0 Å². The fourth-order valence-electron chi connectivity index (χ4n) is 4.00. The van der Waals surface area contributed by atoms with Crippen molar-refractivity contribution in [2.45, 2.75) is 44.7 Å². The van der Waals surface area contributed by atoms with Crippen molar-refractivity contribution in [3.05, 3.63) is 59.4 Å². The summed E-state index contributed by atoms with van der Waals surface area (Å²) in [5.41, 5.74) is 7.40. The van der Waals surface area contributed by atoms with E-state index in [1.54, 1.807) is 12.1 Å². The second kappa shape index (κ2) is 9.47. The largest absolute Gasteiger partial charge is 0.389 e. The lowest BCUT2D eigenvalue weighted by molar-refractivity contribution is -0.135. The normalized spacial score (nSPS) is 12.2. The first-order valence-corrected chi connectivity index (χ1v) is 10.9. The summed E-state index contributed by atoms with van der Waals surface area (Å²) in [5, 5.41) is 6.60. The van der Waals surface area contributed by atoms with Gasteiger partial charge in [-0.05, 0) is 30.5 Å². The molecule has 1 aromatic carbocycles. The highest BCUT2D eigenvalue weighted by Gasteiger charge is 2.31. The highest BCUT2D eigenvalue weighted by molar-refractivity contribution is 5.77. The summed E-state index contributed by atoms with van der Waals surface area (Å²) in [5.74, 6) is -0.218. The van der Waals surface area contributed by atoms with E-state index in [1.807, 2.05) is 13.8 Å². The Balaban J connectivity index is 1.79. The molecule has 0 bridgehead atoms. The molecule has 3 N–H and O–H groups in total. The summed E-state index contributed by atoms with van der Waals surface area (Å²) in [4.78, 5) is 28.7. The number of rotatable bonds is 8. The van der Waals surface area contributed by atoms with Crippen LogP contribution in [-0.4, -0.2) is 42.1 Å². The van der Waals surface area contributed by atoms with Gasteiger partial charge in [-0.1, -0.05) is 26.0 Å². The maximum atomic E-state index is 13.5. The molecule has 9 nitrogen and oxygen atoms in total. The van der Waals surface area contributed by atoms with Crippen LogP contribution in [0.5, 0.6) is 0 Å². The third-order valence-electron chi connectivity index (χ3n) is 5.76. The molecule has 13 heteroatoms. The summed E-state index contributed by atoms with van der Waals surface area (Å²) in [7, 11) is 0. The Labute approximate surface area is 202 Å². The number of nitrogens with zero attached hydrogens (tertiary/aromatic N) is 6. The van der Waals surface area contributed by atoms with Crippen molar-refractivity contribution in [2.75, 3.05) is 11.1 Å². The number of nitrogens with one attached hydrogen (secondary N) is 1. The Hall–Kier alpha value is -4.16. The standard InChI is InChI=1S/C23H22F4N8O/c1-22(2,13-5-7-14(24)8-6-13)17-18(28)33-19(34-20(17)30-12-36)16-10-35-21(29-11-31-35)15(32-16)4-3-9-23(25,26)27/h5-8,10-12H,3-4,9H2,1-2H3,(H3,28,30,33,34,36). The topological polar surface area (TPSA) is 124 Å². The highest BCUT2D eigenvalue weighted by Crippen LogP contribution is 2.39. The second-order valence-corrected chi connectivity index (χ2v) is 8.62. The third kappa shape index (κ3) is 5.09. The predicted molar refractivity (Wildman–Crippen MR) is 123 cm³/mol. The summed E-state index contributed by atoms with van der Waals surface area (Å²) in [6.07, 6.45) is -2.28. The molecular weight excluding hydrogens is 480 g/mol. The van der Waals surface area contributed by atoms with Gasteiger partial charge in [0.1, 0.15) is 29.5 Å². The summed E-state index contributed by atoms with van der Waals surface area (Å²) in [6, 6.07) is 5.82. The predicted octanol–water partition coefficient (Wildman–Crippen LogP) is 4.08. The zero-order valence-electron chi connectivity index (χ0n) is 19.3. The van der Waals surface area contributed by atoms with Gasteiger partial charge in [0.25, 0.3) is 0 Å². The summed E-state index contributed by atoms with van der Waals surface area (Å²) in [6.45, 7) is 3.65. The van der Waals surface area contributed by atoms with Gasteiger partial charge < -0.3 is 11.1 Å². The molecule has 0 saturated carbocycles. The van der Waals surface area contributed by atoms with E-state index in [-0.39, 0.29) is 41.7 Å². The fraction of sp³-hybridized carbons (Fsp3) is 0.304. The number of aryl methyl sites for hydroxylation is 1. The lowest BCUT2D eigenvalue weighted by Crippen LogP contribution is -2.24. The summed E-state index contributed by atoms with van der Waals surface area (Å²) < 4.78 is 52.8. The number of carbonyl (C=O) groups is 1. The van der Waals surface area contributed by atoms with E-state index >= 15 is 0 Å². The van der Waals surface area contributed by atoms with Crippen LogP contribution in [-0.2, 0) is 16.6 Å². The van der Waals surface area contributed by atoms with Crippen LogP contribution in [0.15, 0.2) is 36.8 Å². The molecule has 0 aliphatic heterocycles. The maximum absolute atomic E-state index is 13.5. The Bertz CT molecular complexity index is 1400. The smallest absolute Gasteiger partial charge is 0.383 e. The average molecular weight is 502 g/mol. The number of hydrogen-bond donors (Lipinski definition) is 2. The quantitative estimate of drug-likeness (QED) is 0.275. The monoisotopic (exact) mass is 502 g/mol. The van der Waals surface area contributed by atoms with Gasteiger partial charge in [0, 0.05) is 17.4 Å². The molecule has 0 radical (unpaired) electrons. The van der Waals surface area contributed by atoms with E-state index in [0.717, 1.165) is 0 Å². The molecule has 4 rings (SSSR count). The molecule has 0 aliphatic rings. The van der Waals surface area contributed by atoms with Crippen molar-refractivity contribution in [3.63, 3.8) is 0 Å². The van der Waals surface area contributed by atoms with Crippen LogP contribution >= 0.6 is 0 Å². The lowest BCUT2D eigenvalue weighted by Gasteiger charge is -2.28. The minimum Gasteiger partial charge on any atom is -0.383 e. The van der Waals surface area contributed by atoms with Crippen molar-refractivity contribution in [2.24, 2.45) is 0 Å². The van der Waals surface area contributed by atoms with Crippen molar-refractivity contribution >= 4 is 23.7 Å². The molecule has 0 spiro atoms.